The maximum atomic E-state index is 12.5. The molecule has 0 saturated carbocycles. The van der Waals surface area contributed by atoms with Crippen LogP contribution in [0.3, 0.4) is 0 Å². The molecule has 0 unspecified atom stereocenters. The Hall–Kier alpha value is -3.10. The number of rotatable bonds is 5. The third-order valence-electron chi connectivity index (χ3n) is 3.85. The minimum absolute atomic E-state index is 0.171. The number of hydrogen-bond donors (Lipinski definition) is 1. The number of hydrogen-bond acceptors (Lipinski definition) is 7. The lowest BCUT2D eigenvalue weighted by molar-refractivity contribution is 0.173. The number of thiophene rings is 1. The van der Waals surface area contributed by atoms with Gasteiger partial charge in [0.2, 0.25) is 5.88 Å². The molecule has 136 valence electrons. The molecular weight excluding hydrogens is 362 g/mol. The molecule has 0 bridgehead atoms. The summed E-state index contributed by atoms with van der Waals surface area (Å²) in [4.78, 5) is 30.5. The second kappa shape index (κ2) is 7.26. The van der Waals surface area contributed by atoms with E-state index < -0.39 is 0 Å². The minimum Gasteiger partial charge on any atom is -0.461 e. The first-order valence-electron chi connectivity index (χ1n) is 8.28. The highest BCUT2D eigenvalue weighted by Crippen LogP contribution is 2.31. The van der Waals surface area contributed by atoms with Crippen LogP contribution in [-0.2, 0) is 0 Å². The Morgan fingerprint density at radius 2 is 2.07 bits per heavy atom. The zero-order valence-electron chi connectivity index (χ0n) is 14.8. The van der Waals surface area contributed by atoms with Gasteiger partial charge in [0, 0.05) is 35.0 Å². The second-order valence-electron chi connectivity index (χ2n) is 6.19. The van der Waals surface area contributed by atoms with Gasteiger partial charge < -0.3 is 9.72 Å². The van der Waals surface area contributed by atoms with Gasteiger partial charge in [-0.2, -0.15) is 0 Å². The summed E-state index contributed by atoms with van der Waals surface area (Å²) in [5.74, 6) is 0.999. The molecule has 0 amide bonds. The van der Waals surface area contributed by atoms with E-state index in [4.69, 9.17) is 4.74 Å². The van der Waals surface area contributed by atoms with E-state index in [0.29, 0.717) is 34.3 Å². The maximum absolute atomic E-state index is 12.5. The van der Waals surface area contributed by atoms with E-state index in [1.165, 1.54) is 11.3 Å². The average molecular weight is 379 g/mol. The molecule has 0 atom stereocenters. The molecule has 1 N–H and O–H groups in total. The molecule has 8 heteroatoms. The van der Waals surface area contributed by atoms with Crippen LogP contribution in [0.25, 0.3) is 32.9 Å². The number of fused-ring (bicyclic) bond motifs is 1. The molecule has 0 aliphatic rings. The number of nitrogens with one attached hydrogen (secondary N) is 1. The summed E-state index contributed by atoms with van der Waals surface area (Å²) in [7, 11) is 3.85. The smallest absolute Gasteiger partial charge is 0.269 e. The Balaban J connectivity index is 1.74. The Morgan fingerprint density at radius 1 is 1.19 bits per heavy atom. The van der Waals surface area contributed by atoms with Crippen molar-refractivity contribution in [1.29, 1.82) is 0 Å². The molecule has 0 aliphatic carbocycles. The SMILES string of the molecule is CN(C)COc1ccc(-c2csc3c(=O)[nH]c(-c4ccccn4)nc23)cn1. The van der Waals surface area contributed by atoms with E-state index >= 15 is 0 Å². The Morgan fingerprint density at radius 3 is 2.78 bits per heavy atom. The zero-order valence-corrected chi connectivity index (χ0v) is 15.7. The van der Waals surface area contributed by atoms with Gasteiger partial charge in [-0.3, -0.25) is 14.7 Å². The highest BCUT2D eigenvalue weighted by molar-refractivity contribution is 7.17. The lowest BCUT2D eigenvalue weighted by atomic mass is 10.1. The molecule has 7 nitrogen and oxygen atoms in total. The topological polar surface area (TPSA) is 84.0 Å². The van der Waals surface area contributed by atoms with Crippen molar-refractivity contribution < 1.29 is 4.74 Å². The van der Waals surface area contributed by atoms with Crippen LogP contribution < -0.4 is 10.3 Å². The van der Waals surface area contributed by atoms with Gasteiger partial charge in [0.15, 0.2) is 5.82 Å². The maximum Gasteiger partial charge on any atom is 0.269 e. The van der Waals surface area contributed by atoms with Gasteiger partial charge in [0.05, 0.1) is 5.52 Å². The van der Waals surface area contributed by atoms with Crippen LogP contribution in [0.2, 0.25) is 0 Å². The summed E-state index contributed by atoms with van der Waals surface area (Å²) < 4.78 is 6.14. The third-order valence-corrected chi connectivity index (χ3v) is 4.82. The largest absolute Gasteiger partial charge is 0.461 e. The number of nitrogens with zero attached hydrogens (tertiary/aromatic N) is 4. The lowest BCUT2D eigenvalue weighted by Crippen LogP contribution is -2.18. The minimum atomic E-state index is -0.171. The monoisotopic (exact) mass is 379 g/mol. The van der Waals surface area contributed by atoms with Crippen molar-refractivity contribution in [1.82, 2.24) is 24.8 Å². The predicted molar refractivity (Wildman–Crippen MR) is 106 cm³/mol. The molecule has 4 heterocycles. The van der Waals surface area contributed by atoms with E-state index in [0.717, 1.165) is 11.1 Å². The normalized spacial score (nSPS) is 11.2. The van der Waals surface area contributed by atoms with E-state index in [1.54, 1.807) is 12.4 Å². The lowest BCUT2D eigenvalue weighted by Gasteiger charge is -2.10. The van der Waals surface area contributed by atoms with Crippen molar-refractivity contribution in [2.24, 2.45) is 0 Å². The van der Waals surface area contributed by atoms with Crippen molar-refractivity contribution in [3.63, 3.8) is 0 Å². The average Bonchev–Trinajstić information content (AvgIpc) is 3.12. The molecule has 4 aromatic rings. The number of ether oxygens (including phenoxy) is 1. The Bertz CT molecular complexity index is 1120. The predicted octanol–water partition coefficient (Wildman–Crippen LogP) is 3.01. The van der Waals surface area contributed by atoms with Crippen molar-refractivity contribution in [3.05, 3.63) is 58.5 Å². The molecule has 0 aromatic carbocycles. The van der Waals surface area contributed by atoms with Crippen LogP contribution in [-0.4, -0.2) is 45.7 Å². The summed E-state index contributed by atoms with van der Waals surface area (Å²) in [6.07, 6.45) is 3.40. The molecule has 0 aliphatic heterocycles. The molecular formula is C19H17N5O2S. The van der Waals surface area contributed by atoms with Gasteiger partial charge in [-0.15, -0.1) is 11.3 Å². The molecule has 0 saturated heterocycles. The van der Waals surface area contributed by atoms with Gasteiger partial charge >= 0.3 is 0 Å². The quantitative estimate of drug-likeness (QED) is 0.537. The van der Waals surface area contributed by atoms with Gasteiger partial charge in [-0.05, 0) is 32.3 Å². The number of pyridine rings is 2. The van der Waals surface area contributed by atoms with Crippen LogP contribution in [0, 0.1) is 0 Å². The molecule has 0 radical (unpaired) electrons. The summed E-state index contributed by atoms with van der Waals surface area (Å²) in [5, 5.41) is 1.92. The summed E-state index contributed by atoms with van der Waals surface area (Å²) in [5.41, 5.74) is 2.84. The molecule has 0 fully saturated rings. The van der Waals surface area contributed by atoms with Crippen molar-refractivity contribution in [3.8, 4) is 28.5 Å². The number of H-pyrrole nitrogens is 1. The van der Waals surface area contributed by atoms with Crippen LogP contribution in [0.5, 0.6) is 5.88 Å². The van der Waals surface area contributed by atoms with E-state index in [9.17, 15) is 4.79 Å². The molecule has 0 spiro atoms. The van der Waals surface area contributed by atoms with Crippen molar-refractivity contribution in [2.45, 2.75) is 0 Å². The van der Waals surface area contributed by atoms with Crippen LogP contribution in [0.4, 0.5) is 0 Å². The van der Waals surface area contributed by atoms with E-state index in [1.807, 2.05) is 54.7 Å². The van der Waals surface area contributed by atoms with Crippen LogP contribution >= 0.6 is 11.3 Å². The highest BCUT2D eigenvalue weighted by atomic mass is 32.1. The summed E-state index contributed by atoms with van der Waals surface area (Å²) in [6, 6.07) is 9.23. The number of aromatic amines is 1. The van der Waals surface area contributed by atoms with Gasteiger partial charge in [0.1, 0.15) is 17.1 Å². The molecule has 4 aromatic heterocycles. The summed E-state index contributed by atoms with van der Waals surface area (Å²) >= 11 is 1.37. The molecule has 27 heavy (non-hydrogen) atoms. The Kier molecular flexibility index (Phi) is 4.66. The fourth-order valence-corrected chi connectivity index (χ4v) is 3.49. The fourth-order valence-electron chi connectivity index (χ4n) is 2.58. The van der Waals surface area contributed by atoms with Gasteiger partial charge in [-0.1, -0.05) is 6.07 Å². The van der Waals surface area contributed by atoms with Crippen LogP contribution in [0.15, 0.2) is 52.9 Å². The van der Waals surface area contributed by atoms with E-state index in [-0.39, 0.29) is 5.56 Å². The highest BCUT2D eigenvalue weighted by Gasteiger charge is 2.14. The van der Waals surface area contributed by atoms with Crippen molar-refractivity contribution >= 4 is 21.6 Å². The third kappa shape index (κ3) is 3.57. The van der Waals surface area contributed by atoms with Crippen molar-refractivity contribution in [2.75, 3.05) is 20.8 Å². The molecule has 4 rings (SSSR count). The van der Waals surface area contributed by atoms with Gasteiger partial charge in [0.25, 0.3) is 5.56 Å². The first-order valence-corrected chi connectivity index (χ1v) is 9.16. The van der Waals surface area contributed by atoms with E-state index in [2.05, 4.69) is 19.9 Å². The second-order valence-corrected chi connectivity index (χ2v) is 7.07. The Labute approximate surface area is 159 Å². The number of aromatic nitrogens is 4. The summed E-state index contributed by atoms with van der Waals surface area (Å²) in [6.45, 7) is 0.456. The van der Waals surface area contributed by atoms with Crippen LogP contribution in [0.1, 0.15) is 0 Å². The van der Waals surface area contributed by atoms with Gasteiger partial charge in [-0.25, -0.2) is 9.97 Å². The standard InChI is InChI=1S/C19H17N5O2S/c1-24(2)11-26-15-7-6-12(9-21-15)13-10-27-17-16(13)22-18(23-19(17)25)14-5-3-4-8-20-14/h3-10H,11H2,1-2H3,(H,22,23,25). The zero-order chi connectivity index (χ0) is 18.8. The first kappa shape index (κ1) is 17.3. The first-order chi connectivity index (χ1) is 13.1. The fraction of sp³-hybridized carbons (Fsp3) is 0.158.